The van der Waals surface area contributed by atoms with Gasteiger partial charge in [0.2, 0.25) is 0 Å². The summed E-state index contributed by atoms with van der Waals surface area (Å²) in [5, 5.41) is 14.7. The van der Waals surface area contributed by atoms with Gasteiger partial charge in [0.15, 0.2) is 0 Å². The summed E-state index contributed by atoms with van der Waals surface area (Å²) < 4.78 is 1.67. The summed E-state index contributed by atoms with van der Waals surface area (Å²) in [4.78, 5) is 4.29. The van der Waals surface area contributed by atoms with E-state index in [1.807, 2.05) is 43.3 Å². The van der Waals surface area contributed by atoms with E-state index in [-0.39, 0.29) is 5.75 Å². The van der Waals surface area contributed by atoms with Crippen molar-refractivity contribution in [1.29, 1.82) is 0 Å². The fourth-order valence-electron chi connectivity index (χ4n) is 2.11. The molecule has 0 bridgehead atoms. The molecule has 1 aromatic heterocycles. The van der Waals surface area contributed by atoms with E-state index >= 15 is 0 Å². The molecule has 3 aromatic rings. The maximum atomic E-state index is 9.74. The monoisotopic (exact) mass is 311 g/mol. The molecule has 0 spiro atoms. The van der Waals surface area contributed by atoms with Crippen LogP contribution >= 0.6 is 11.6 Å². The molecule has 0 fully saturated rings. The van der Waals surface area contributed by atoms with Crippen LogP contribution in [0.2, 0.25) is 5.15 Å². The van der Waals surface area contributed by atoms with Crippen molar-refractivity contribution in [3.8, 4) is 11.4 Å². The molecule has 0 aliphatic carbocycles. The molecule has 4 nitrogen and oxygen atoms in total. The molecule has 1 N–H and O–H groups in total. The smallest absolute Gasteiger partial charge is 0.141 e. The van der Waals surface area contributed by atoms with Gasteiger partial charge in [-0.25, -0.2) is 4.68 Å². The van der Waals surface area contributed by atoms with Gasteiger partial charge >= 0.3 is 0 Å². The Balaban J connectivity index is 1.99. The van der Waals surface area contributed by atoms with E-state index in [9.17, 15) is 5.11 Å². The first-order valence-corrected chi connectivity index (χ1v) is 7.17. The van der Waals surface area contributed by atoms with E-state index in [1.165, 1.54) is 0 Å². The Morgan fingerprint density at radius 3 is 2.50 bits per heavy atom. The summed E-state index contributed by atoms with van der Waals surface area (Å²) >= 11 is 6.42. The van der Waals surface area contributed by atoms with Crippen molar-refractivity contribution in [2.75, 3.05) is 0 Å². The van der Waals surface area contributed by atoms with Crippen LogP contribution in [0.15, 0.2) is 59.6 Å². The van der Waals surface area contributed by atoms with Gasteiger partial charge in [0.05, 0.1) is 16.9 Å². The average molecular weight is 312 g/mol. The maximum absolute atomic E-state index is 9.74. The van der Waals surface area contributed by atoms with Crippen molar-refractivity contribution in [3.05, 3.63) is 71.0 Å². The molecule has 1 heterocycles. The topological polar surface area (TPSA) is 50.4 Å². The van der Waals surface area contributed by atoms with E-state index in [4.69, 9.17) is 11.6 Å². The van der Waals surface area contributed by atoms with Crippen molar-refractivity contribution in [3.63, 3.8) is 0 Å². The van der Waals surface area contributed by atoms with Crippen molar-refractivity contribution < 1.29 is 5.11 Å². The Labute approximate surface area is 133 Å². The first kappa shape index (κ1) is 14.4. The van der Waals surface area contributed by atoms with E-state index in [1.54, 1.807) is 29.1 Å². The van der Waals surface area contributed by atoms with Crippen LogP contribution in [0.5, 0.6) is 5.75 Å². The zero-order valence-electron chi connectivity index (χ0n) is 11.9. The fourth-order valence-corrected chi connectivity index (χ4v) is 2.43. The Kier molecular flexibility index (Phi) is 3.94. The molecule has 5 heteroatoms. The molecule has 0 amide bonds. The van der Waals surface area contributed by atoms with E-state index < -0.39 is 0 Å². The number of aliphatic imine (C=N–C) groups is 1. The number of rotatable bonds is 3. The van der Waals surface area contributed by atoms with Gasteiger partial charge in [-0.3, -0.25) is 4.99 Å². The summed E-state index contributed by atoms with van der Waals surface area (Å²) in [6, 6.07) is 16.6. The minimum absolute atomic E-state index is 0.128. The van der Waals surface area contributed by atoms with Gasteiger partial charge in [0.1, 0.15) is 16.6 Å². The fraction of sp³-hybridized carbons (Fsp3) is 0.0588. The molecular weight excluding hydrogens is 298 g/mol. The highest BCUT2D eigenvalue weighted by molar-refractivity contribution is 6.32. The highest BCUT2D eigenvalue weighted by Gasteiger charge is 2.13. The second-order valence-corrected chi connectivity index (χ2v) is 5.14. The van der Waals surface area contributed by atoms with Crippen LogP contribution in [0.3, 0.4) is 0 Å². The number of hydrogen-bond donors (Lipinski definition) is 1. The third-order valence-electron chi connectivity index (χ3n) is 3.26. The highest BCUT2D eigenvalue weighted by atomic mass is 35.5. The van der Waals surface area contributed by atoms with Crippen LogP contribution < -0.4 is 0 Å². The minimum atomic E-state index is 0.128. The number of para-hydroxylation sites is 3. The van der Waals surface area contributed by atoms with Crippen molar-refractivity contribution >= 4 is 23.5 Å². The number of aromatic nitrogens is 2. The van der Waals surface area contributed by atoms with Crippen LogP contribution in [0, 0.1) is 6.92 Å². The third kappa shape index (κ3) is 2.73. The predicted molar refractivity (Wildman–Crippen MR) is 88.7 cm³/mol. The molecule has 0 aliphatic heterocycles. The summed E-state index contributed by atoms with van der Waals surface area (Å²) in [5.74, 6) is 0.128. The molecule has 2 aromatic carbocycles. The first-order valence-electron chi connectivity index (χ1n) is 6.79. The van der Waals surface area contributed by atoms with Crippen molar-refractivity contribution in [2.24, 2.45) is 4.99 Å². The quantitative estimate of drug-likeness (QED) is 0.734. The molecule has 0 radical (unpaired) electrons. The Morgan fingerprint density at radius 2 is 1.77 bits per heavy atom. The van der Waals surface area contributed by atoms with Crippen LogP contribution in [-0.2, 0) is 0 Å². The van der Waals surface area contributed by atoms with Crippen LogP contribution in [0.25, 0.3) is 5.69 Å². The lowest BCUT2D eigenvalue weighted by atomic mass is 10.2. The van der Waals surface area contributed by atoms with Crippen LogP contribution in [0.1, 0.15) is 11.3 Å². The number of phenolic OH excluding ortho intramolecular Hbond substituents is 1. The first-order chi connectivity index (χ1) is 10.7. The van der Waals surface area contributed by atoms with Crippen LogP contribution in [0.4, 0.5) is 5.69 Å². The lowest BCUT2D eigenvalue weighted by Gasteiger charge is -2.02. The predicted octanol–water partition coefficient (Wildman–Crippen LogP) is 4.29. The number of benzene rings is 2. The SMILES string of the molecule is Cc1nn(-c2ccccc2)c(Cl)c1C=Nc1ccccc1O. The normalized spacial score (nSPS) is 11.2. The molecule has 0 saturated carbocycles. The van der Waals surface area contributed by atoms with Crippen molar-refractivity contribution in [1.82, 2.24) is 9.78 Å². The number of aromatic hydroxyl groups is 1. The summed E-state index contributed by atoms with van der Waals surface area (Å²) in [7, 11) is 0. The lowest BCUT2D eigenvalue weighted by molar-refractivity contribution is 0.477. The lowest BCUT2D eigenvalue weighted by Crippen LogP contribution is -1.96. The number of phenols is 1. The highest BCUT2D eigenvalue weighted by Crippen LogP contribution is 2.26. The molecule has 110 valence electrons. The van der Waals surface area contributed by atoms with Gasteiger partial charge in [0.25, 0.3) is 0 Å². The summed E-state index contributed by atoms with van der Waals surface area (Å²) in [6.45, 7) is 1.87. The molecular formula is C17H14ClN3O. The Morgan fingerprint density at radius 1 is 1.09 bits per heavy atom. The van der Waals surface area contributed by atoms with Gasteiger partial charge in [-0.2, -0.15) is 5.10 Å². The second kappa shape index (κ2) is 6.03. The number of aryl methyl sites for hydroxylation is 1. The molecule has 0 aliphatic rings. The summed E-state index contributed by atoms with van der Waals surface area (Å²) in [6.07, 6.45) is 1.62. The van der Waals surface area contributed by atoms with Gasteiger partial charge in [-0.15, -0.1) is 0 Å². The Bertz CT molecular complexity index is 825. The molecule has 0 saturated heterocycles. The minimum Gasteiger partial charge on any atom is -0.506 e. The standard InChI is InChI=1S/C17H14ClN3O/c1-12-14(11-19-15-9-5-6-10-16(15)22)17(18)21(20-12)13-7-3-2-4-8-13/h2-11,22H,1H3. The molecule has 22 heavy (non-hydrogen) atoms. The number of hydrogen-bond acceptors (Lipinski definition) is 3. The number of nitrogens with zero attached hydrogens (tertiary/aromatic N) is 3. The van der Waals surface area contributed by atoms with E-state index in [2.05, 4.69) is 10.1 Å². The summed E-state index contributed by atoms with van der Waals surface area (Å²) in [5.41, 5.74) is 2.88. The van der Waals surface area contributed by atoms with Crippen molar-refractivity contribution in [2.45, 2.75) is 6.92 Å². The third-order valence-corrected chi connectivity index (χ3v) is 3.63. The van der Waals surface area contributed by atoms with Crippen LogP contribution in [-0.4, -0.2) is 21.1 Å². The second-order valence-electron chi connectivity index (χ2n) is 4.78. The maximum Gasteiger partial charge on any atom is 0.141 e. The molecule has 3 rings (SSSR count). The van der Waals surface area contributed by atoms with E-state index in [0.29, 0.717) is 10.8 Å². The zero-order valence-corrected chi connectivity index (χ0v) is 12.7. The molecule has 0 unspecified atom stereocenters. The Hall–Kier alpha value is -2.59. The van der Waals surface area contributed by atoms with Gasteiger partial charge < -0.3 is 5.11 Å². The van der Waals surface area contributed by atoms with E-state index in [0.717, 1.165) is 16.9 Å². The average Bonchev–Trinajstić information content (AvgIpc) is 2.82. The van der Waals surface area contributed by atoms with Gasteiger partial charge in [-0.05, 0) is 31.2 Å². The van der Waals surface area contributed by atoms with Gasteiger partial charge in [0, 0.05) is 6.21 Å². The number of halogens is 1. The largest absolute Gasteiger partial charge is 0.506 e. The molecule has 0 atom stereocenters. The zero-order chi connectivity index (χ0) is 15.5. The van der Waals surface area contributed by atoms with Gasteiger partial charge in [-0.1, -0.05) is 41.9 Å².